The summed E-state index contributed by atoms with van der Waals surface area (Å²) in [6.45, 7) is -0.223. The molecule has 0 unspecified atom stereocenters. The van der Waals surface area contributed by atoms with Gasteiger partial charge in [0.05, 0.1) is 6.54 Å². The molecule has 1 N–H and O–H groups in total. The van der Waals surface area contributed by atoms with Gasteiger partial charge in [0.15, 0.2) is 0 Å². The maximum atomic E-state index is 13.4. The van der Waals surface area contributed by atoms with Gasteiger partial charge < -0.3 is 0 Å². The van der Waals surface area contributed by atoms with Gasteiger partial charge in [0, 0.05) is 11.8 Å². The molecule has 0 amide bonds. The van der Waals surface area contributed by atoms with Crippen molar-refractivity contribution in [3.63, 3.8) is 0 Å². The third kappa shape index (κ3) is 2.48. The van der Waals surface area contributed by atoms with Crippen LogP contribution < -0.4 is 11.2 Å². The maximum absolute atomic E-state index is 13.4. The zero-order valence-electron chi connectivity index (χ0n) is 8.91. The van der Waals surface area contributed by atoms with Gasteiger partial charge in [-0.05, 0) is 18.2 Å². The van der Waals surface area contributed by atoms with Gasteiger partial charge >= 0.3 is 5.69 Å². The molecule has 2 aromatic rings. The van der Waals surface area contributed by atoms with Crippen LogP contribution in [0.15, 0.2) is 34.0 Å². The lowest BCUT2D eigenvalue weighted by atomic mass is 10.2. The van der Waals surface area contributed by atoms with Crippen LogP contribution in [0.3, 0.4) is 0 Å². The zero-order valence-corrected chi connectivity index (χ0v) is 9.67. The van der Waals surface area contributed by atoms with Crippen molar-refractivity contribution in [1.82, 2.24) is 9.55 Å². The molecule has 1 heterocycles. The Morgan fingerprint density at radius 3 is 2.72 bits per heavy atom. The van der Waals surface area contributed by atoms with Crippen LogP contribution in [0.4, 0.5) is 8.78 Å². The van der Waals surface area contributed by atoms with Crippen molar-refractivity contribution >= 4 is 11.6 Å². The highest BCUT2D eigenvalue weighted by atomic mass is 35.5. The largest absolute Gasteiger partial charge is 0.328 e. The first-order chi connectivity index (χ1) is 8.47. The lowest BCUT2D eigenvalue weighted by Crippen LogP contribution is -2.30. The number of aromatic nitrogens is 2. The number of hydrogen-bond donors (Lipinski definition) is 1. The molecule has 0 saturated heterocycles. The van der Waals surface area contributed by atoms with E-state index in [2.05, 4.69) is 0 Å². The maximum Gasteiger partial charge on any atom is 0.328 e. The molecule has 0 aliphatic carbocycles. The van der Waals surface area contributed by atoms with Crippen molar-refractivity contribution in [2.45, 2.75) is 6.54 Å². The summed E-state index contributed by atoms with van der Waals surface area (Å²) < 4.78 is 27.3. The predicted octanol–water partition coefficient (Wildman–Crippen LogP) is 1.52. The molecule has 0 fully saturated rings. The number of rotatable bonds is 2. The van der Waals surface area contributed by atoms with Crippen LogP contribution in [0.2, 0.25) is 5.02 Å². The van der Waals surface area contributed by atoms with Gasteiger partial charge in [0.25, 0.3) is 5.56 Å². The van der Waals surface area contributed by atoms with E-state index in [1.807, 2.05) is 4.98 Å². The number of H-pyrrole nitrogens is 1. The molecule has 0 aliphatic heterocycles. The molecule has 4 nitrogen and oxygen atoms in total. The topological polar surface area (TPSA) is 54.9 Å². The fourth-order valence-corrected chi connectivity index (χ4v) is 1.61. The van der Waals surface area contributed by atoms with Crippen molar-refractivity contribution in [2.75, 3.05) is 0 Å². The molecule has 0 spiro atoms. The highest BCUT2D eigenvalue weighted by Crippen LogP contribution is 2.10. The average molecular weight is 273 g/mol. The summed E-state index contributed by atoms with van der Waals surface area (Å²) in [5.74, 6) is -1.26. The van der Waals surface area contributed by atoms with E-state index in [0.717, 1.165) is 29.0 Å². The summed E-state index contributed by atoms with van der Waals surface area (Å²) in [4.78, 5) is 24.4. The molecule has 0 aliphatic rings. The molecule has 18 heavy (non-hydrogen) atoms. The van der Waals surface area contributed by atoms with Crippen molar-refractivity contribution in [3.8, 4) is 0 Å². The SMILES string of the molecule is O=c1[nH]c(=O)n(Cc2cc(F)ccc2F)cc1Cl. The van der Waals surface area contributed by atoms with E-state index in [1.54, 1.807) is 0 Å². The molecular formula is C11H7ClF2N2O2. The molecule has 0 saturated carbocycles. The third-order valence-corrected chi connectivity index (χ3v) is 2.59. The summed E-state index contributed by atoms with van der Waals surface area (Å²) in [6.07, 6.45) is 1.08. The van der Waals surface area contributed by atoms with E-state index >= 15 is 0 Å². The Bertz CT molecular complexity index is 709. The van der Waals surface area contributed by atoms with Gasteiger partial charge in [-0.25, -0.2) is 13.6 Å². The first-order valence-corrected chi connectivity index (χ1v) is 5.28. The second kappa shape index (κ2) is 4.73. The van der Waals surface area contributed by atoms with Gasteiger partial charge in [-0.2, -0.15) is 0 Å². The summed E-state index contributed by atoms with van der Waals surface area (Å²) in [5.41, 5.74) is -1.48. The quantitative estimate of drug-likeness (QED) is 0.901. The van der Waals surface area contributed by atoms with Crippen LogP contribution in [0.25, 0.3) is 0 Å². The van der Waals surface area contributed by atoms with Gasteiger partial charge in [-0.15, -0.1) is 0 Å². The summed E-state index contributed by atoms with van der Waals surface area (Å²) in [5, 5.41) is -0.202. The number of halogens is 3. The first-order valence-electron chi connectivity index (χ1n) is 4.90. The average Bonchev–Trinajstić information content (AvgIpc) is 2.30. The fraction of sp³-hybridized carbons (Fsp3) is 0.0909. The van der Waals surface area contributed by atoms with E-state index in [-0.39, 0.29) is 17.1 Å². The minimum atomic E-state index is -0.743. The lowest BCUT2D eigenvalue weighted by Gasteiger charge is -2.06. The van der Waals surface area contributed by atoms with E-state index in [9.17, 15) is 18.4 Å². The van der Waals surface area contributed by atoms with Crippen LogP contribution in [0, 0.1) is 11.6 Å². The van der Waals surface area contributed by atoms with Gasteiger partial charge in [-0.1, -0.05) is 11.6 Å². The van der Waals surface area contributed by atoms with Gasteiger partial charge in [-0.3, -0.25) is 14.3 Å². The number of benzene rings is 1. The summed E-state index contributed by atoms with van der Waals surface area (Å²) >= 11 is 5.55. The molecule has 1 aromatic heterocycles. The fourth-order valence-electron chi connectivity index (χ4n) is 1.45. The highest BCUT2D eigenvalue weighted by molar-refractivity contribution is 6.30. The van der Waals surface area contributed by atoms with Crippen LogP contribution in [0.5, 0.6) is 0 Å². The normalized spacial score (nSPS) is 10.6. The lowest BCUT2D eigenvalue weighted by molar-refractivity contribution is 0.572. The van der Waals surface area contributed by atoms with Crippen LogP contribution >= 0.6 is 11.6 Å². The van der Waals surface area contributed by atoms with E-state index in [1.165, 1.54) is 0 Å². The number of nitrogens with zero attached hydrogens (tertiary/aromatic N) is 1. The Morgan fingerprint density at radius 2 is 2.00 bits per heavy atom. The highest BCUT2D eigenvalue weighted by Gasteiger charge is 2.07. The molecule has 1 aromatic carbocycles. The Kier molecular flexibility index (Phi) is 3.29. The monoisotopic (exact) mass is 272 g/mol. The van der Waals surface area contributed by atoms with Crippen molar-refractivity contribution in [3.05, 3.63) is 67.5 Å². The van der Waals surface area contributed by atoms with Crippen molar-refractivity contribution in [1.29, 1.82) is 0 Å². The van der Waals surface area contributed by atoms with Gasteiger partial charge in [0.2, 0.25) is 0 Å². The van der Waals surface area contributed by atoms with Crippen molar-refractivity contribution < 1.29 is 8.78 Å². The molecule has 0 radical (unpaired) electrons. The van der Waals surface area contributed by atoms with E-state index in [0.29, 0.717) is 0 Å². The van der Waals surface area contributed by atoms with Crippen molar-refractivity contribution in [2.24, 2.45) is 0 Å². The Labute approximate surface area is 104 Å². The Morgan fingerprint density at radius 1 is 1.28 bits per heavy atom. The van der Waals surface area contributed by atoms with E-state index < -0.39 is 22.9 Å². The molecule has 0 atom stereocenters. The third-order valence-electron chi connectivity index (χ3n) is 2.32. The molecule has 0 bridgehead atoms. The Balaban J connectivity index is 2.46. The van der Waals surface area contributed by atoms with Gasteiger partial charge in [0.1, 0.15) is 16.7 Å². The van der Waals surface area contributed by atoms with Crippen LogP contribution in [-0.4, -0.2) is 9.55 Å². The summed E-state index contributed by atoms with van der Waals surface area (Å²) in [6, 6.07) is 2.91. The standard InChI is InChI=1S/C11H7ClF2N2O2/c12-8-5-16(11(18)15-10(8)17)4-6-3-7(13)1-2-9(6)14/h1-3,5H,4H2,(H,15,17,18). The second-order valence-electron chi connectivity index (χ2n) is 3.60. The van der Waals surface area contributed by atoms with Crippen LogP contribution in [0.1, 0.15) is 5.56 Å². The first kappa shape index (κ1) is 12.5. The second-order valence-corrected chi connectivity index (χ2v) is 4.01. The van der Waals surface area contributed by atoms with Crippen LogP contribution in [-0.2, 0) is 6.54 Å². The summed E-state index contributed by atoms with van der Waals surface area (Å²) in [7, 11) is 0. The minimum Gasteiger partial charge on any atom is -0.295 e. The van der Waals surface area contributed by atoms with E-state index in [4.69, 9.17) is 11.6 Å². The predicted molar refractivity (Wildman–Crippen MR) is 61.8 cm³/mol. The molecule has 94 valence electrons. The minimum absolute atomic E-state index is 0.0137. The molecule has 2 rings (SSSR count). The molecular weight excluding hydrogens is 266 g/mol. The smallest absolute Gasteiger partial charge is 0.295 e. The number of hydrogen-bond acceptors (Lipinski definition) is 2. The number of nitrogens with one attached hydrogen (secondary N) is 1. The zero-order chi connectivity index (χ0) is 13.3. The Hall–Kier alpha value is -1.95. The molecule has 7 heteroatoms. The number of aromatic amines is 1.